The van der Waals surface area contributed by atoms with Crippen LogP contribution in [0.25, 0.3) is 0 Å². The van der Waals surface area contributed by atoms with E-state index < -0.39 is 0 Å². The first-order chi connectivity index (χ1) is 11.7. The lowest BCUT2D eigenvalue weighted by atomic mass is 10.0. The minimum Gasteiger partial charge on any atom is -0.350 e. The lowest BCUT2D eigenvalue weighted by molar-refractivity contribution is -0.127. The lowest BCUT2D eigenvalue weighted by Gasteiger charge is -2.32. The number of amides is 1. The summed E-state index contributed by atoms with van der Waals surface area (Å²) in [6.45, 7) is 6.71. The standard InChI is InChI=1S/C19H26N4O/c1-3-22(4-2)18(15-8-6-5-7-9-15)19(24)21-16-10-11-17-20-12-13-23(17)14-16/h5-9,12-13,16,18H,3-4,10-11,14H2,1-2H3,(H,21,24). The van der Waals surface area contributed by atoms with Gasteiger partial charge in [-0.15, -0.1) is 0 Å². The topological polar surface area (TPSA) is 50.2 Å². The van der Waals surface area contributed by atoms with Gasteiger partial charge in [0.25, 0.3) is 0 Å². The predicted octanol–water partition coefficient (Wildman–Crippen LogP) is 2.40. The second-order valence-corrected chi connectivity index (χ2v) is 6.27. The summed E-state index contributed by atoms with van der Waals surface area (Å²) in [4.78, 5) is 19.6. The van der Waals surface area contributed by atoms with Gasteiger partial charge < -0.3 is 9.88 Å². The molecule has 0 bridgehead atoms. The summed E-state index contributed by atoms with van der Waals surface area (Å²) in [5.41, 5.74) is 1.05. The van der Waals surface area contributed by atoms with E-state index in [1.165, 1.54) is 0 Å². The Labute approximate surface area is 143 Å². The van der Waals surface area contributed by atoms with Crippen LogP contribution in [0, 0.1) is 0 Å². The highest BCUT2D eigenvalue weighted by atomic mass is 16.2. The van der Waals surface area contributed by atoms with Crippen LogP contribution in [0.4, 0.5) is 0 Å². The minimum atomic E-state index is -0.231. The summed E-state index contributed by atoms with van der Waals surface area (Å²) >= 11 is 0. The molecule has 1 amide bonds. The third-order valence-corrected chi connectivity index (χ3v) is 4.82. The van der Waals surface area contributed by atoms with Crippen molar-refractivity contribution in [1.82, 2.24) is 19.8 Å². The molecule has 0 aliphatic carbocycles. The number of benzene rings is 1. The summed E-state index contributed by atoms with van der Waals surface area (Å²) < 4.78 is 2.14. The van der Waals surface area contributed by atoms with Gasteiger partial charge in [-0.2, -0.15) is 0 Å². The molecule has 0 saturated heterocycles. The fraction of sp³-hybridized carbons (Fsp3) is 0.474. The Bertz CT molecular complexity index is 663. The van der Waals surface area contributed by atoms with E-state index in [1.807, 2.05) is 42.7 Å². The van der Waals surface area contributed by atoms with Gasteiger partial charge in [0.1, 0.15) is 11.9 Å². The molecular formula is C19H26N4O. The Kier molecular flexibility index (Phi) is 5.30. The van der Waals surface area contributed by atoms with Crippen LogP contribution in [-0.4, -0.2) is 39.5 Å². The number of imidazole rings is 1. The molecule has 2 atom stereocenters. The van der Waals surface area contributed by atoms with Crippen molar-refractivity contribution in [2.45, 2.75) is 45.3 Å². The maximum absolute atomic E-state index is 13.0. The minimum absolute atomic E-state index is 0.0958. The normalized spacial score (nSPS) is 18.2. The Balaban J connectivity index is 1.74. The zero-order valence-corrected chi connectivity index (χ0v) is 14.5. The number of rotatable bonds is 6. The first kappa shape index (κ1) is 16.7. The quantitative estimate of drug-likeness (QED) is 0.887. The molecule has 1 aliphatic heterocycles. The molecule has 5 heteroatoms. The first-order valence-corrected chi connectivity index (χ1v) is 8.82. The molecule has 2 unspecified atom stereocenters. The lowest BCUT2D eigenvalue weighted by Crippen LogP contribution is -2.47. The fourth-order valence-corrected chi connectivity index (χ4v) is 3.52. The molecule has 24 heavy (non-hydrogen) atoms. The number of nitrogens with one attached hydrogen (secondary N) is 1. The molecule has 128 valence electrons. The van der Waals surface area contributed by atoms with Gasteiger partial charge in [-0.1, -0.05) is 44.2 Å². The van der Waals surface area contributed by atoms with Gasteiger partial charge in [0.15, 0.2) is 0 Å². The van der Waals surface area contributed by atoms with Crippen molar-refractivity contribution in [1.29, 1.82) is 0 Å². The Morgan fingerprint density at radius 3 is 2.79 bits per heavy atom. The average Bonchev–Trinajstić information content (AvgIpc) is 3.07. The molecule has 1 aliphatic rings. The van der Waals surface area contributed by atoms with Gasteiger partial charge >= 0.3 is 0 Å². The van der Waals surface area contributed by atoms with E-state index in [4.69, 9.17) is 0 Å². The van der Waals surface area contributed by atoms with Gasteiger partial charge in [0.2, 0.25) is 5.91 Å². The Morgan fingerprint density at radius 2 is 2.08 bits per heavy atom. The van der Waals surface area contributed by atoms with Crippen molar-refractivity contribution in [2.75, 3.05) is 13.1 Å². The van der Waals surface area contributed by atoms with Crippen LogP contribution < -0.4 is 5.32 Å². The summed E-state index contributed by atoms with van der Waals surface area (Å²) in [7, 11) is 0. The van der Waals surface area contributed by atoms with Crippen LogP contribution in [-0.2, 0) is 17.8 Å². The molecular weight excluding hydrogens is 300 g/mol. The molecule has 3 rings (SSSR count). The van der Waals surface area contributed by atoms with Crippen LogP contribution in [0.2, 0.25) is 0 Å². The first-order valence-electron chi connectivity index (χ1n) is 8.82. The predicted molar refractivity (Wildman–Crippen MR) is 94.6 cm³/mol. The monoisotopic (exact) mass is 326 g/mol. The molecule has 2 aromatic rings. The maximum atomic E-state index is 13.0. The number of likely N-dealkylation sites (N-methyl/N-ethyl adjacent to an activating group) is 1. The van der Waals surface area contributed by atoms with Crippen LogP contribution in [0.5, 0.6) is 0 Å². The van der Waals surface area contributed by atoms with Gasteiger partial charge in [0.05, 0.1) is 0 Å². The third kappa shape index (κ3) is 3.51. The summed E-state index contributed by atoms with van der Waals surface area (Å²) in [5, 5.41) is 3.27. The van der Waals surface area contributed by atoms with E-state index in [2.05, 4.69) is 33.6 Å². The number of hydrogen-bond acceptors (Lipinski definition) is 3. The molecule has 5 nitrogen and oxygen atoms in total. The number of carbonyl (C=O) groups excluding carboxylic acids is 1. The zero-order valence-electron chi connectivity index (χ0n) is 14.5. The SMILES string of the molecule is CCN(CC)C(C(=O)NC1CCc2nccn2C1)c1ccccc1. The van der Waals surface area contributed by atoms with Crippen molar-refractivity contribution in [3.05, 3.63) is 54.1 Å². The highest BCUT2D eigenvalue weighted by Crippen LogP contribution is 2.22. The highest BCUT2D eigenvalue weighted by Gasteiger charge is 2.28. The van der Waals surface area contributed by atoms with Gasteiger partial charge in [0, 0.05) is 31.4 Å². The van der Waals surface area contributed by atoms with E-state index in [1.54, 1.807) is 0 Å². The van der Waals surface area contributed by atoms with Gasteiger partial charge in [-0.25, -0.2) is 4.98 Å². The summed E-state index contributed by atoms with van der Waals surface area (Å²) in [6, 6.07) is 10.00. The molecule has 0 radical (unpaired) electrons. The second-order valence-electron chi connectivity index (χ2n) is 6.27. The van der Waals surface area contributed by atoms with E-state index in [0.717, 1.165) is 43.9 Å². The maximum Gasteiger partial charge on any atom is 0.242 e. The van der Waals surface area contributed by atoms with Crippen LogP contribution >= 0.6 is 0 Å². The molecule has 1 N–H and O–H groups in total. The van der Waals surface area contributed by atoms with Crippen LogP contribution in [0.3, 0.4) is 0 Å². The third-order valence-electron chi connectivity index (χ3n) is 4.82. The fourth-order valence-electron chi connectivity index (χ4n) is 3.52. The number of aromatic nitrogens is 2. The van der Waals surface area contributed by atoms with Crippen molar-refractivity contribution in [3.63, 3.8) is 0 Å². The number of carbonyl (C=O) groups is 1. The number of nitrogens with zero attached hydrogens (tertiary/aromatic N) is 3. The van der Waals surface area contributed by atoms with Crippen LogP contribution in [0.1, 0.15) is 37.7 Å². The van der Waals surface area contributed by atoms with Gasteiger partial charge in [-0.05, 0) is 25.1 Å². The smallest absolute Gasteiger partial charge is 0.242 e. The van der Waals surface area contributed by atoms with E-state index in [9.17, 15) is 4.79 Å². The van der Waals surface area contributed by atoms with Gasteiger partial charge in [-0.3, -0.25) is 9.69 Å². The van der Waals surface area contributed by atoms with E-state index in [0.29, 0.717) is 0 Å². The van der Waals surface area contributed by atoms with Crippen molar-refractivity contribution in [3.8, 4) is 0 Å². The number of hydrogen-bond donors (Lipinski definition) is 1. The molecule has 0 spiro atoms. The van der Waals surface area contributed by atoms with Crippen molar-refractivity contribution in [2.24, 2.45) is 0 Å². The molecule has 0 saturated carbocycles. The Hall–Kier alpha value is -2.14. The van der Waals surface area contributed by atoms with Crippen LogP contribution in [0.15, 0.2) is 42.7 Å². The molecule has 1 aromatic carbocycles. The highest BCUT2D eigenvalue weighted by molar-refractivity contribution is 5.83. The summed E-state index contributed by atoms with van der Waals surface area (Å²) in [6.07, 6.45) is 5.69. The second kappa shape index (κ2) is 7.62. The molecule has 1 aromatic heterocycles. The molecule has 0 fully saturated rings. The average molecular weight is 326 g/mol. The van der Waals surface area contributed by atoms with Crippen molar-refractivity contribution >= 4 is 5.91 Å². The Morgan fingerprint density at radius 1 is 1.33 bits per heavy atom. The van der Waals surface area contributed by atoms with Crippen molar-refractivity contribution < 1.29 is 4.79 Å². The molecule has 2 heterocycles. The zero-order chi connectivity index (χ0) is 16.9. The van der Waals surface area contributed by atoms with E-state index >= 15 is 0 Å². The van der Waals surface area contributed by atoms with E-state index in [-0.39, 0.29) is 18.0 Å². The number of aryl methyl sites for hydroxylation is 1. The number of fused-ring (bicyclic) bond motifs is 1. The summed E-state index contributed by atoms with van der Waals surface area (Å²) in [5.74, 6) is 1.21. The largest absolute Gasteiger partial charge is 0.350 e.